The number of carbonyl (C=O) groups is 1. The molecule has 34 heavy (non-hydrogen) atoms. The Balaban J connectivity index is 1.35. The minimum absolute atomic E-state index is 0.00906. The molecule has 0 aliphatic carbocycles. The summed E-state index contributed by atoms with van der Waals surface area (Å²) < 4.78 is 32.4. The summed E-state index contributed by atoms with van der Waals surface area (Å²) in [6, 6.07) is 24.4. The van der Waals surface area contributed by atoms with E-state index in [1.54, 1.807) is 36.0 Å². The maximum Gasteiger partial charge on any atom is 0.322 e. The van der Waals surface area contributed by atoms with Gasteiger partial charge in [-0.2, -0.15) is 0 Å². The van der Waals surface area contributed by atoms with E-state index < -0.39 is 15.9 Å². The zero-order valence-electron chi connectivity index (χ0n) is 18.3. The molecule has 0 bridgehead atoms. The fourth-order valence-corrected chi connectivity index (χ4v) is 5.12. The molecule has 1 heterocycles. The van der Waals surface area contributed by atoms with Crippen molar-refractivity contribution in [3.63, 3.8) is 0 Å². The summed E-state index contributed by atoms with van der Waals surface area (Å²) >= 11 is 1.67. The van der Waals surface area contributed by atoms with Crippen molar-refractivity contribution < 1.29 is 17.6 Å². The van der Waals surface area contributed by atoms with Gasteiger partial charge in [-0.05, 0) is 48.5 Å². The second-order valence-electron chi connectivity index (χ2n) is 7.20. The lowest BCUT2D eigenvalue weighted by atomic mass is 10.2. The molecule has 3 aromatic carbocycles. The van der Waals surface area contributed by atoms with E-state index in [0.717, 1.165) is 10.6 Å². The largest absolute Gasteiger partial charge is 0.408 e. The number of hydrogen-bond acceptors (Lipinski definition) is 7. The number of amides is 1. The quantitative estimate of drug-likeness (QED) is 0.342. The Kier molecular flexibility index (Phi) is 7.29. The Morgan fingerprint density at radius 3 is 2.26 bits per heavy atom. The number of rotatable bonds is 9. The monoisotopic (exact) mass is 494 g/mol. The van der Waals surface area contributed by atoms with Gasteiger partial charge in [-0.1, -0.05) is 41.5 Å². The highest BCUT2D eigenvalue weighted by Gasteiger charge is 2.21. The standard InChI is InChI=1S/C24H22N4O4S2/c1-28(19-8-4-2-5-9-19)34(30,31)21-14-12-18(13-15-21)23(29)25-24-27-26-22(32-24)16-17-33-20-10-6-3-7-11-20/h2-15H,16-17H2,1H3,(H,25,27,29). The molecule has 1 aromatic heterocycles. The number of hydrogen-bond donors (Lipinski definition) is 1. The molecule has 8 nitrogen and oxygen atoms in total. The maximum atomic E-state index is 12.9. The lowest BCUT2D eigenvalue weighted by Gasteiger charge is -2.19. The first-order chi connectivity index (χ1) is 16.4. The van der Waals surface area contributed by atoms with Crippen molar-refractivity contribution in [3.8, 4) is 0 Å². The first kappa shape index (κ1) is 23.5. The normalized spacial score (nSPS) is 11.2. The number of aryl methyl sites for hydroxylation is 1. The molecule has 0 spiro atoms. The summed E-state index contributed by atoms with van der Waals surface area (Å²) in [5, 5.41) is 10.4. The second kappa shape index (κ2) is 10.5. The summed E-state index contributed by atoms with van der Waals surface area (Å²) in [5.41, 5.74) is 0.805. The van der Waals surface area contributed by atoms with Crippen LogP contribution in [0.15, 0.2) is 99.1 Å². The van der Waals surface area contributed by atoms with E-state index in [-0.39, 0.29) is 16.5 Å². The van der Waals surface area contributed by atoms with Gasteiger partial charge in [0.2, 0.25) is 5.89 Å². The summed E-state index contributed by atoms with van der Waals surface area (Å²) in [6.07, 6.45) is 0.559. The molecule has 4 aromatic rings. The van der Waals surface area contributed by atoms with E-state index >= 15 is 0 Å². The first-order valence-corrected chi connectivity index (χ1v) is 12.8. The van der Waals surface area contributed by atoms with Gasteiger partial charge in [0.25, 0.3) is 15.9 Å². The van der Waals surface area contributed by atoms with Crippen LogP contribution in [0.2, 0.25) is 0 Å². The number of carbonyl (C=O) groups excluding carboxylic acids is 1. The number of nitrogens with one attached hydrogen (secondary N) is 1. The zero-order valence-corrected chi connectivity index (χ0v) is 19.9. The topological polar surface area (TPSA) is 105 Å². The van der Waals surface area contributed by atoms with Crippen LogP contribution in [0.1, 0.15) is 16.2 Å². The average Bonchev–Trinajstić information content (AvgIpc) is 3.31. The Bertz CT molecular complexity index is 1340. The van der Waals surface area contributed by atoms with Crippen molar-refractivity contribution in [1.82, 2.24) is 10.2 Å². The highest BCUT2D eigenvalue weighted by molar-refractivity contribution is 7.99. The van der Waals surface area contributed by atoms with Crippen LogP contribution in [-0.2, 0) is 16.4 Å². The van der Waals surface area contributed by atoms with Gasteiger partial charge in [-0.3, -0.25) is 14.4 Å². The molecule has 0 radical (unpaired) electrons. The summed E-state index contributed by atoms with van der Waals surface area (Å²) in [4.78, 5) is 13.8. The van der Waals surface area contributed by atoms with Gasteiger partial charge in [0.05, 0.1) is 10.6 Å². The lowest BCUT2D eigenvalue weighted by molar-refractivity contribution is 0.102. The minimum atomic E-state index is -3.76. The number of aromatic nitrogens is 2. The number of nitrogens with zero attached hydrogens (tertiary/aromatic N) is 3. The highest BCUT2D eigenvalue weighted by Crippen LogP contribution is 2.22. The van der Waals surface area contributed by atoms with E-state index in [1.807, 2.05) is 36.4 Å². The van der Waals surface area contributed by atoms with Crippen molar-refractivity contribution in [2.45, 2.75) is 16.2 Å². The Hall–Kier alpha value is -3.63. The maximum absolute atomic E-state index is 12.9. The Morgan fingerprint density at radius 2 is 1.59 bits per heavy atom. The molecule has 174 valence electrons. The molecule has 1 amide bonds. The first-order valence-electron chi connectivity index (χ1n) is 10.4. The van der Waals surface area contributed by atoms with Crippen molar-refractivity contribution in [3.05, 3.63) is 96.4 Å². The third-order valence-corrected chi connectivity index (χ3v) is 7.72. The average molecular weight is 495 g/mol. The van der Waals surface area contributed by atoms with E-state index in [1.165, 1.54) is 35.6 Å². The number of sulfonamides is 1. The molecule has 0 atom stereocenters. The highest BCUT2D eigenvalue weighted by atomic mass is 32.2. The van der Waals surface area contributed by atoms with E-state index in [9.17, 15) is 13.2 Å². The van der Waals surface area contributed by atoms with Crippen molar-refractivity contribution in [2.24, 2.45) is 0 Å². The van der Waals surface area contributed by atoms with Crippen molar-refractivity contribution in [1.29, 1.82) is 0 Å². The van der Waals surface area contributed by atoms with Crippen LogP contribution < -0.4 is 9.62 Å². The third kappa shape index (κ3) is 5.64. The van der Waals surface area contributed by atoms with Gasteiger partial charge in [-0.25, -0.2) is 8.42 Å². The Morgan fingerprint density at radius 1 is 0.941 bits per heavy atom. The molecule has 10 heteroatoms. The van der Waals surface area contributed by atoms with Crippen LogP contribution in [0.4, 0.5) is 11.7 Å². The van der Waals surface area contributed by atoms with E-state index in [4.69, 9.17) is 4.42 Å². The van der Waals surface area contributed by atoms with Crippen LogP contribution >= 0.6 is 11.8 Å². The molecule has 0 saturated heterocycles. The molecule has 0 unspecified atom stereocenters. The number of para-hydroxylation sites is 1. The van der Waals surface area contributed by atoms with Crippen LogP contribution in [0.3, 0.4) is 0 Å². The predicted octanol–water partition coefficient (Wildman–Crippen LogP) is 4.48. The molecule has 1 N–H and O–H groups in total. The molecular formula is C24H22N4O4S2. The molecule has 0 aliphatic heterocycles. The van der Waals surface area contributed by atoms with Crippen molar-refractivity contribution >= 4 is 39.4 Å². The van der Waals surface area contributed by atoms with Gasteiger partial charge in [0.1, 0.15) is 0 Å². The zero-order chi connectivity index (χ0) is 24.0. The molecule has 4 rings (SSSR count). The van der Waals surface area contributed by atoms with Crippen LogP contribution in [0, 0.1) is 0 Å². The number of benzene rings is 3. The SMILES string of the molecule is CN(c1ccccc1)S(=O)(=O)c1ccc(C(=O)Nc2nnc(CCSc3ccccc3)o2)cc1. The molecule has 0 saturated carbocycles. The summed E-state index contributed by atoms with van der Waals surface area (Å²) in [6.45, 7) is 0. The predicted molar refractivity (Wildman–Crippen MR) is 132 cm³/mol. The smallest absolute Gasteiger partial charge is 0.322 e. The van der Waals surface area contributed by atoms with E-state index in [0.29, 0.717) is 18.0 Å². The van der Waals surface area contributed by atoms with Gasteiger partial charge in [-0.15, -0.1) is 16.9 Å². The molecule has 0 aliphatic rings. The summed E-state index contributed by atoms with van der Waals surface area (Å²) in [7, 11) is -2.28. The van der Waals surface area contributed by atoms with Crippen LogP contribution in [0.5, 0.6) is 0 Å². The Labute approximate surface area is 202 Å². The van der Waals surface area contributed by atoms with Crippen LogP contribution in [0.25, 0.3) is 0 Å². The summed E-state index contributed by atoms with van der Waals surface area (Å²) in [5.74, 6) is 0.700. The fraction of sp³-hybridized carbons (Fsp3) is 0.125. The lowest BCUT2D eigenvalue weighted by Crippen LogP contribution is -2.26. The third-order valence-electron chi connectivity index (χ3n) is 4.91. The molecular weight excluding hydrogens is 472 g/mol. The van der Waals surface area contributed by atoms with Crippen LogP contribution in [-0.4, -0.2) is 37.3 Å². The number of thioether (sulfide) groups is 1. The van der Waals surface area contributed by atoms with Crippen molar-refractivity contribution in [2.75, 3.05) is 22.4 Å². The van der Waals surface area contributed by atoms with Gasteiger partial charge in [0.15, 0.2) is 0 Å². The van der Waals surface area contributed by atoms with E-state index in [2.05, 4.69) is 15.5 Å². The minimum Gasteiger partial charge on any atom is -0.408 e. The second-order valence-corrected chi connectivity index (χ2v) is 10.3. The fourth-order valence-electron chi connectivity index (χ4n) is 3.06. The van der Waals surface area contributed by atoms with Gasteiger partial charge < -0.3 is 4.42 Å². The van der Waals surface area contributed by atoms with Gasteiger partial charge in [0, 0.05) is 29.7 Å². The number of anilines is 2. The molecule has 0 fully saturated rings. The van der Waals surface area contributed by atoms with Gasteiger partial charge >= 0.3 is 6.01 Å².